The SMILES string of the molecule is CCCN(CCC)C(=O)[C@@H](c1ccccc1)C1(O)CCCCC1. The lowest BCUT2D eigenvalue weighted by Crippen LogP contribution is -2.48. The van der Waals surface area contributed by atoms with E-state index in [2.05, 4.69) is 13.8 Å². The number of aliphatic hydroxyl groups is 1. The minimum atomic E-state index is -0.892. The van der Waals surface area contributed by atoms with Crippen molar-refractivity contribution in [2.24, 2.45) is 0 Å². The van der Waals surface area contributed by atoms with Crippen LogP contribution in [0.4, 0.5) is 0 Å². The molecule has 0 aromatic heterocycles. The van der Waals surface area contributed by atoms with E-state index in [1.807, 2.05) is 35.2 Å². The molecule has 3 nitrogen and oxygen atoms in total. The van der Waals surface area contributed by atoms with Gasteiger partial charge in [0.1, 0.15) is 0 Å². The van der Waals surface area contributed by atoms with E-state index in [0.29, 0.717) is 0 Å². The molecule has 1 aromatic carbocycles. The lowest BCUT2D eigenvalue weighted by molar-refractivity contribution is -0.141. The average molecular weight is 317 g/mol. The molecule has 0 heterocycles. The van der Waals surface area contributed by atoms with Gasteiger partial charge in [0.15, 0.2) is 0 Å². The summed E-state index contributed by atoms with van der Waals surface area (Å²) >= 11 is 0. The minimum Gasteiger partial charge on any atom is -0.389 e. The zero-order chi connectivity index (χ0) is 16.7. The van der Waals surface area contributed by atoms with Crippen molar-refractivity contribution < 1.29 is 9.90 Å². The fraction of sp³-hybridized carbons (Fsp3) is 0.650. The smallest absolute Gasteiger partial charge is 0.233 e. The third-order valence-corrected chi connectivity index (χ3v) is 4.94. The van der Waals surface area contributed by atoms with Crippen LogP contribution in [0, 0.1) is 0 Å². The molecular weight excluding hydrogens is 286 g/mol. The summed E-state index contributed by atoms with van der Waals surface area (Å²) in [6, 6.07) is 9.87. The maximum absolute atomic E-state index is 13.3. The topological polar surface area (TPSA) is 40.5 Å². The van der Waals surface area contributed by atoms with E-state index >= 15 is 0 Å². The summed E-state index contributed by atoms with van der Waals surface area (Å²) < 4.78 is 0. The van der Waals surface area contributed by atoms with E-state index in [9.17, 15) is 9.90 Å². The van der Waals surface area contributed by atoms with Crippen molar-refractivity contribution in [3.63, 3.8) is 0 Å². The van der Waals surface area contributed by atoms with Crippen LogP contribution in [-0.2, 0) is 4.79 Å². The fourth-order valence-electron chi connectivity index (χ4n) is 3.84. The van der Waals surface area contributed by atoms with E-state index in [1.165, 1.54) is 0 Å². The van der Waals surface area contributed by atoms with Crippen LogP contribution < -0.4 is 0 Å². The van der Waals surface area contributed by atoms with Gasteiger partial charge in [0.25, 0.3) is 0 Å². The molecule has 1 atom stereocenters. The standard InChI is InChI=1S/C20H31NO2/c1-3-15-21(16-4-2)19(22)18(17-11-7-5-8-12-17)20(23)13-9-6-10-14-20/h5,7-8,11-12,18,23H,3-4,6,9-10,13-16H2,1-2H3/t18-/m1/s1. The molecule has 1 N–H and O–H groups in total. The summed E-state index contributed by atoms with van der Waals surface area (Å²) in [7, 11) is 0. The van der Waals surface area contributed by atoms with Gasteiger partial charge in [0, 0.05) is 13.1 Å². The van der Waals surface area contributed by atoms with Crippen molar-refractivity contribution in [1.29, 1.82) is 0 Å². The molecule has 0 unspecified atom stereocenters. The van der Waals surface area contributed by atoms with Crippen LogP contribution in [0.2, 0.25) is 0 Å². The number of carbonyl (C=O) groups excluding carboxylic acids is 1. The van der Waals surface area contributed by atoms with E-state index in [-0.39, 0.29) is 5.91 Å². The van der Waals surface area contributed by atoms with Crippen molar-refractivity contribution >= 4 is 5.91 Å². The van der Waals surface area contributed by atoms with Crippen LogP contribution in [0.15, 0.2) is 30.3 Å². The Morgan fingerprint density at radius 3 is 2.17 bits per heavy atom. The van der Waals surface area contributed by atoms with Crippen LogP contribution in [0.25, 0.3) is 0 Å². The molecule has 128 valence electrons. The molecule has 1 fully saturated rings. The van der Waals surface area contributed by atoms with Gasteiger partial charge in [-0.2, -0.15) is 0 Å². The molecule has 1 amide bonds. The lowest BCUT2D eigenvalue weighted by atomic mass is 9.72. The molecule has 0 bridgehead atoms. The second-order valence-corrected chi connectivity index (χ2v) is 6.83. The average Bonchev–Trinajstić information content (AvgIpc) is 2.56. The van der Waals surface area contributed by atoms with Gasteiger partial charge in [-0.25, -0.2) is 0 Å². The highest BCUT2D eigenvalue weighted by molar-refractivity contribution is 5.85. The summed E-state index contributed by atoms with van der Waals surface area (Å²) in [6.45, 7) is 5.74. The van der Waals surface area contributed by atoms with Crippen LogP contribution in [0.1, 0.15) is 70.3 Å². The molecular formula is C20H31NO2. The van der Waals surface area contributed by atoms with Crippen molar-refractivity contribution in [2.45, 2.75) is 70.3 Å². The lowest BCUT2D eigenvalue weighted by Gasteiger charge is -2.41. The van der Waals surface area contributed by atoms with Crippen molar-refractivity contribution in [3.05, 3.63) is 35.9 Å². The van der Waals surface area contributed by atoms with E-state index < -0.39 is 11.5 Å². The predicted octanol–water partition coefficient (Wildman–Crippen LogP) is 4.11. The Morgan fingerprint density at radius 2 is 1.65 bits per heavy atom. The van der Waals surface area contributed by atoms with Crippen LogP contribution in [-0.4, -0.2) is 34.6 Å². The highest BCUT2D eigenvalue weighted by Gasteiger charge is 2.44. The van der Waals surface area contributed by atoms with Gasteiger partial charge in [-0.15, -0.1) is 0 Å². The Bertz CT molecular complexity index is 474. The van der Waals surface area contributed by atoms with Crippen molar-refractivity contribution in [1.82, 2.24) is 4.90 Å². The molecule has 0 spiro atoms. The van der Waals surface area contributed by atoms with Crippen molar-refractivity contribution in [2.75, 3.05) is 13.1 Å². The summed E-state index contributed by atoms with van der Waals surface area (Å²) in [5.41, 5.74) is 0.0651. The molecule has 3 heteroatoms. The number of hydrogen-bond donors (Lipinski definition) is 1. The van der Waals surface area contributed by atoms with Gasteiger partial charge < -0.3 is 10.0 Å². The Kier molecular flexibility index (Phi) is 6.64. The first-order chi connectivity index (χ1) is 11.1. The Balaban J connectivity index is 2.34. The molecule has 1 aliphatic rings. The summed E-state index contributed by atoms with van der Waals surface area (Å²) in [5.74, 6) is -0.327. The zero-order valence-electron chi connectivity index (χ0n) is 14.6. The van der Waals surface area contributed by atoms with Gasteiger partial charge in [0.2, 0.25) is 5.91 Å². The van der Waals surface area contributed by atoms with Crippen LogP contribution in [0.5, 0.6) is 0 Å². The molecule has 2 rings (SSSR count). The van der Waals surface area contributed by atoms with Gasteiger partial charge in [-0.3, -0.25) is 4.79 Å². The van der Waals surface area contributed by atoms with Gasteiger partial charge >= 0.3 is 0 Å². The number of amides is 1. The number of hydrogen-bond acceptors (Lipinski definition) is 2. The number of carbonyl (C=O) groups is 1. The van der Waals surface area contributed by atoms with E-state index in [4.69, 9.17) is 0 Å². The van der Waals surface area contributed by atoms with Gasteiger partial charge in [-0.1, -0.05) is 63.4 Å². The summed E-state index contributed by atoms with van der Waals surface area (Å²) in [6.07, 6.45) is 6.53. The third kappa shape index (κ3) is 4.35. The first-order valence-electron chi connectivity index (χ1n) is 9.18. The first-order valence-corrected chi connectivity index (χ1v) is 9.18. The predicted molar refractivity (Wildman–Crippen MR) is 94.4 cm³/mol. The largest absolute Gasteiger partial charge is 0.389 e. The van der Waals surface area contributed by atoms with Gasteiger partial charge in [0.05, 0.1) is 11.5 Å². The molecule has 0 saturated heterocycles. The Labute approximate surface area is 140 Å². The van der Waals surface area contributed by atoms with Crippen LogP contribution in [0.3, 0.4) is 0 Å². The monoisotopic (exact) mass is 317 g/mol. The molecule has 0 aliphatic heterocycles. The number of nitrogens with zero attached hydrogens (tertiary/aromatic N) is 1. The third-order valence-electron chi connectivity index (χ3n) is 4.94. The van der Waals surface area contributed by atoms with Gasteiger partial charge in [-0.05, 0) is 31.2 Å². The minimum absolute atomic E-state index is 0.101. The molecule has 23 heavy (non-hydrogen) atoms. The normalized spacial score (nSPS) is 18.4. The van der Waals surface area contributed by atoms with E-state index in [1.54, 1.807) is 0 Å². The van der Waals surface area contributed by atoms with Crippen molar-refractivity contribution in [3.8, 4) is 0 Å². The maximum atomic E-state index is 13.3. The Morgan fingerprint density at radius 1 is 1.09 bits per heavy atom. The first kappa shape index (κ1) is 18.0. The number of rotatable bonds is 7. The molecule has 1 aliphatic carbocycles. The maximum Gasteiger partial charge on any atom is 0.233 e. The summed E-state index contributed by atoms with van der Waals surface area (Å²) in [4.78, 5) is 15.2. The zero-order valence-corrected chi connectivity index (χ0v) is 14.6. The molecule has 0 radical (unpaired) electrons. The second kappa shape index (κ2) is 8.49. The fourth-order valence-corrected chi connectivity index (χ4v) is 3.84. The quantitative estimate of drug-likeness (QED) is 0.822. The Hall–Kier alpha value is -1.35. The molecule has 1 saturated carbocycles. The second-order valence-electron chi connectivity index (χ2n) is 6.83. The van der Waals surface area contributed by atoms with Crippen LogP contribution >= 0.6 is 0 Å². The highest BCUT2D eigenvalue weighted by Crippen LogP contribution is 2.41. The van der Waals surface area contributed by atoms with E-state index in [0.717, 1.165) is 63.6 Å². The number of benzene rings is 1. The summed E-state index contributed by atoms with van der Waals surface area (Å²) in [5, 5.41) is 11.3. The highest BCUT2D eigenvalue weighted by atomic mass is 16.3. The molecule has 1 aromatic rings.